The van der Waals surface area contributed by atoms with Gasteiger partial charge in [-0.05, 0) is 38.8 Å². The number of hydrogen-bond donors (Lipinski definition) is 2. The highest BCUT2D eigenvalue weighted by Crippen LogP contribution is 2.17. The second-order valence-corrected chi connectivity index (χ2v) is 7.06. The van der Waals surface area contributed by atoms with Gasteiger partial charge in [0.1, 0.15) is 0 Å². The Morgan fingerprint density at radius 1 is 1.06 bits per heavy atom. The van der Waals surface area contributed by atoms with Crippen LogP contribution in [-0.2, 0) is 10.0 Å². The monoisotopic (exact) mass is 276 g/mol. The maximum absolute atomic E-state index is 11.9. The molecule has 0 saturated heterocycles. The minimum atomic E-state index is -3.06. The first-order chi connectivity index (χ1) is 8.64. The van der Waals surface area contributed by atoms with Gasteiger partial charge >= 0.3 is 0 Å². The molecule has 0 atom stereocenters. The zero-order valence-corrected chi connectivity index (χ0v) is 12.4. The molecule has 18 heavy (non-hydrogen) atoms. The van der Waals surface area contributed by atoms with Gasteiger partial charge in [0.05, 0.1) is 5.75 Å². The van der Waals surface area contributed by atoms with Crippen LogP contribution >= 0.6 is 0 Å². The minimum absolute atomic E-state index is 0.186. The third-order valence-electron chi connectivity index (χ3n) is 3.47. The van der Waals surface area contributed by atoms with E-state index in [9.17, 15) is 8.42 Å². The van der Waals surface area contributed by atoms with E-state index < -0.39 is 10.0 Å². The van der Waals surface area contributed by atoms with Crippen molar-refractivity contribution in [3.05, 3.63) is 0 Å². The zero-order valence-electron chi connectivity index (χ0n) is 11.6. The fourth-order valence-electron chi connectivity index (χ4n) is 2.43. The Kier molecular flexibility index (Phi) is 7.86. The lowest BCUT2D eigenvalue weighted by molar-refractivity contribution is 0.508. The highest BCUT2D eigenvalue weighted by molar-refractivity contribution is 7.89. The van der Waals surface area contributed by atoms with Crippen molar-refractivity contribution in [2.45, 2.75) is 64.3 Å². The van der Waals surface area contributed by atoms with Crippen molar-refractivity contribution in [2.24, 2.45) is 0 Å². The Morgan fingerprint density at radius 3 is 2.33 bits per heavy atom. The van der Waals surface area contributed by atoms with Gasteiger partial charge in [0.15, 0.2) is 0 Å². The first kappa shape index (κ1) is 15.9. The van der Waals surface area contributed by atoms with Crippen molar-refractivity contribution in [1.29, 1.82) is 0 Å². The smallest absolute Gasteiger partial charge is 0.211 e. The summed E-state index contributed by atoms with van der Waals surface area (Å²) in [5.74, 6) is 0.273. The van der Waals surface area contributed by atoms with Crippen LogP contribution in [0.2, 0.25) is 0 Å². The summed E-state index contributed by atoms with van der Waals surface area (Å²) in [7, 11) is -3.06. The quantitative estimate of drug-likeness (QED) is 0.527. The van der Waals surface area contributed by atoms with E-state index in [0.29, 0.717) is 0 Å². The maximum Gasteiger partial charge on any atom is 0.211 e. The fraction of sp³-hybridized carbons (Fsp3) is 1.00. The van der Waals surface area contributed by atoms with E-state index >= 15 is 0 Å². The molecule has 0 radical (unpaired) electrons. The molecular formula is C13H28N2O2S. The van der Waals surface area contributed by atoms with E-state index in [2.05, 4.69) is 17.0 Å². The molecule has 2 N–H and O–H groups in total. The van der Waals surface area contributed by atoms with Crippen LogP contribution in [0.25, 0.3) is 0 Å². The molecule has 108 valence electrons. The normalized spacial score (nSPS) is 18.7. The van der Waals surface area contributed by atoms with Gasteiger partial charge in [-0.2, -0.15) is 0 Å². The predicted molar refractivity (Wildman–Crippen MR) is 76.2 cm³/mol. The van der Waals surface area contributed by atoms with Crippen LogP contribution in [0.5, 0.6) is 0 Å². The predicted octanol–water partition coefficient (Wildman–Crippen LogP) is 2.02. The summed E-state index contributed by atoms with van der Waals surface area (Å²) in [6, 6.07) is 0.186. The van der Waals surface area contributed by atoms with Crippen molar-refractivity contribution in [1.82, 2.24) is 10.0 Å². The number of rotatable bonds is 8. The summed E-state index contributed by atoms with van der Waals surface area (Å²) in [5.41, 5.74) is 0. The van der Waals surface area contributed by atoms with Crippen LogP contribution in [0.15, 0.2) is 0 Å². The summed E-state index contributed by atoms with van der Waals surface area (Å²) in [4.78, 5) is 0. The number of nitrogens with one attached hydrogen (secondary N) is 2. The van der Waals surface area contributed by atoms with Crippen LogP contribution < -0.4 is 10.0 Å². The highest BCUT2D eigenvalue weighted by atomic mass is 32.2. The van der Waals surface area contributed by atoms with E-state index in [1.54, 1.807) is 0 Å². The summed E-state index contributed by atoms with van der Waals surface area (Å²) < 4.78 is 26.7. The van der Waals surface area contributed by atoms with E-state index in [4.69, 9.17) is 0 Å². The summed E-state index contributed by atoms with van der Waals surface area (Å²) in [6.45, 7) is 3.92. The van der Waals surface area contributed by atoms with Crippen LogP contribution in [0, 0.1) is 0 Å². The van der Waals surface area contributed by atoms with E-state index in [1.807, 2.05) is 0 Å². The molecule has 1 saturated carbocycles. The highest BCUT2D eigenvalue weighted by Gasteiger charge is 2.18. The maximum atomic E-state index is 11.9. The van der Waals surface area contributed by atoms with Crippen LogP contribution in [-0.4, -0.2) is 33.3 Å². The standard InChI is InChI=1S/C13H28N2O2S/c1-2-14-11-7-8-12-18(16,17)15-13-9-5-3-4-6-10-13/h13-15H,2-12H2,1H3. The molecule has 0 spiro atoms. The molecule has 0 heterocycles. The van der Waals surface area contributed by atoms with Gasteiger partial charge in [0.2, 0.25) is 10.0 Å². The molecule has 4 nitrogen and oxygen atoms in total. The summed E-state index contributed by atoms with van der Waals surface area (Å²) in [5, 5.41) is 3.21. The Labute approximate surface area is 112 Å². The van der Waals surface area contributed by atoms with Gasteiger partial charge in [0, 0.05) is 6.04 Å². The lowest BCUT2D eigenvalue weighted by atomic mass is 10.1. The van der Waals surface area contributed by atoms with Crippen molar-refractivity contribution < 1.29 is 8.42 Å². The Hall–Kier alpha value is -0.130. The summed E-state index contributed by atoms with van der Waals surface area (Å²) >= 11 is 0. The second kappa shape index (κ2) is 8.88. The van der Waals surface area contributed by atoms with Crippen LogP contribution in [0.4, 0.5) is 0 Å². The zero-order chi connectivity index (χ0) is 13.3. The van der Waals surface area contributed by atoms with Crippen LogP contribution in [0.1, 0.15) is 58.3 Å². The number of unbranched alkanes of at least 4 members (excludes halogenated alkanes) is 1. The molecule has 0 aromatic heterocycles. The SMILES string of the molecule is CCNCCCCS(=O)(=O)NC1CCCCCC1. The largest absolute Gasteiger partial charge is 0.317 e. The van der Waals surface area contributed by atoms with E-state index in [1.165, 1.54) is 12.8 Å². The molecule has 0 amide bonds. The molecular weight excluding hydrogens is 248 g/mol. The Bertz CT molecular complexity index is 296. The first-order valence-corrected chi connectivity index (χ1v) is 9.00. The van der Waals surface area contributed by atoms with Crippen LogP contribution in [0.3, 0.4) is 0 Å². The molecule has 0 unspecified atom stereocenters. The minimum Gasteiger partial charge on any atom is -0.317 e. The molecule has 0 aromatic carbocycles. The van der Waals surface area contributed by atoms with E-state index in [0.717, 1.165) is 51.6 Å². The van der Waals surface area contributed by atoms with Gasteiger partial charge in [-0.3, -0.25) is 0 Å². The van der Waals surface area contributed by atoms with Crippen molar-refractivity contribution in [3.63, 3.8) is 0 Å². The molecule has 0 aromatic rings. The molecule has 1 aliphatic carbocycles. The van der Waals surface area contributed by atoms with Gasteiger partial charge in [-0.15, -0.1) is 0 Å². The average Bonchev–Trinajstić information content (AvgIpc) is 2.56. The third kappa shape index (κ3) is 7.34. The van der Waals surface area contributed by atoms with Gasteiger partial charge < -0.3 is 5.32 Å². The lowest BCUT2D eigenvalue weighted by Crippen LogP contribution is -2.36. The Balaban J connectivity index is 2.21. The summed E-state index contributed by atoms with van der Waals surface area (Å²) in [6.07, 6.45) is 8.52. The lowest BCUT2D eigenvalue weighted by Gasteiger charge is -2.16. The van der Waals surface area contributed by atoms with Gasteiger partial charge in [-0.1, -0.05) is 32.6 Å². The number of hydrogen-bond acceptors (Lipinski definition) is 3. The Morgan fingerprint density at radius 2 is 1.72 bits per heavy atom. The topological polar surface area (TPSA) is 58.2 Å². The van der Waals surface area contributed by atoms with E-state index in [-0.39, 0.29) is 11.8 Å². The molecule has 5 heteroatoms. The molecule has 1 rings (SSSR count). The first-order valence-electron chi connectivity index (χ1n) is 7.35. The number of sulfonamides is 1. The average molecular weight is 276 g/mol. The molecule has 0 bridgehead atoms. The van der Waals surface area contributed by atoms with Gasteiger partial charge in [0.25, 0.3) is 0 Å². The third-order valence-corrected chi connectivity index (χ3v) is 4.99. The van der Waals surface area contributed by atoms with Crippen molar-refractivity contribution in [2.75, 3.05) is 18.8 Å². The molecule has 1 fully saturated rings. The van der Waals surface area contributed by atoms with Crippen molar-refractivity contribution >= 4 is 10.0 Å². The fourth-order valence-corrected chi connectivity index (χ4v) is 3.87. The molecule has 1 aliphatic rings. The van der Waals surface area contributed by atoms with Gasteiger partial charge in [-0.25, -0.2) is 13.1 Å². The van der Waals surface area contributed by atoms with Crippen molar-refractivity contribution in [3.8, 4) is 0 Å². The molecule has 0 aliphatic heterocycles. The second-order valence-electron chi connectivity index (χ2n) is 5.19.